The van der Waals surface area contributed by atoms with Crippen LogP contribution in [0.4, 0.5) is 5.69 Å². The van der Waals surface area contributed by atoms with E-state index in [1.807, 2.05) is 31.2 Å². The van der Waals surface area contributed by atoms with Crippen LogP contribution >= 0.6 is 0 Å². The molecule has 0 radical (unpaired) electrons. The Morgan fingerprint density at radius 2 is 2.00 bits per heavy atom. The Morgan fingerprint density at radius 1 is 1.26 bits per heavy atom. The van der Waals surface area contributed by atoms with E-state index >= 15 is 0 Å². The lowest BCUT2D eigenvalue weighted by molar-refractivity contribution is -0.384. The van der Waals surface area contributed by atoms with Crippen molar-refractivity contribution in [1.29, 1.82) is 5.26 Å². The van der Waals surface area contributed by atoms with Gasteiger partial charge in [-0.1, -0.05) is 24.3 Å². The van der Waals surface area contributed by atoms with Gasteiger partial charge < -0.3 is 4.74 Å². The van der Waals surface area contributed by atoms with Crippen LogP contribution in [0.3, 0.4) is 0 Å². The Morgan fingerprint density at radius 3 is 2.61 bits per heavy atom. The number of nitrogens with zero attached hydrogens (tertiary/aromatic N) is 2. The monoisotopic (exact) mass is 310 g/mol. The third-order valence-electron chi connectivity index (χ3n) is 3.56. The molecule has 2 aromatic carbocycles. The summed E-state index contributed by atoms with van der Waals surface area (Å²) in [7, 11) is 0. The van der Waals surface area contributed by atoms with Gasteiger partial charge in [-0.25, -0.2) is 0 Å². The molecule has 0 aromatic heterocycles. The lowest BCUT2D eigenvalue weighted by Gasteiger charge is -2.10. The normalized spacial score (nSPS) is 11.5. The molecule has 0 N–H and O–H groups in total. The van der Waals surface area contributed by atoms with Crippen LogP contribution in [0.1, 0.15) is 29.9 Å². The molecule has 0 saturated heterocycles. The second-order valence-electron chi connectivity index (χ2n) is 5.34. The molecular formula is C18H18N2O3. The molecule has 0 fully saturated rings. The Balaban J connectivity index is 1.85. The van der Waals surface area contributed by atoms with Crippen molar-refractivity contribution in [3.8, 4) is 11.8 Å². The first kappa shape index (κ1) is 16.5. The van der Waals surface area contributed by atoms with Crippen molar-refractivity contribution in [1.82, 2.24) is 0 Å². The van der Waals surface area contributed by atoms with Crippen molar-refractivity contribution in [2.75, 3.05) is 6.61 Å². The van der Waals surface area contributed by atoms with E-state index in [2.05, 4.69) is 6.07 Å². The molecule has 5 heteroatoms. The lowest BCUT2D eigenvalue weighted by atomic mass is 9.96. The van der Waals surface area contributed by atoms with Gasteiger partial charge in [0, 0.05) is 12.1 Å². The average Bonchev–Trinajstić information content (AvgIpc) is 2.55. The third-order valence-corrected chi connectivity index (χ3v) is 3.56. The van der Waals surface area contributed by atoms with Gasteiger partial charge in [-0.2, -0.15) is 5.26 Å². The van der Waals surface area contributed by atoms with Crippen molar-refractivity contribution >= 4 is 5.69 Å². The molecule has 23 heavy (non-hydrogen) atoms. The SMILES string of the molecule is Cc1cccc(OCCCC(C#N)c2ccc([N+](=O)[O-])cc2)c1. The molecule has 2 rings (SSSR count). The van der Waals surface area contributed by atoms with Gasteiger partial charge in [-0.15, -0.1) is 0 Å². The molecule has 0 aliphatic carbocycles. The van der Waals surface area contributed by atoms with Gasteiger partial charge in [0.15, 0.2) is 0 Å². The summed E-state index contributed by atoms with van der Waals surface area (Å²) in [6.45, 7) is 2.54. The van der Waals surface area contributed by atoms with Gasteiger partial charge >= 0.3 is 0 Å². The first-order chi connectivity index (χ1) is 11.1. The molecule has 1 unspecified atom stereocenters. The minimum absolute atomic E-state index is 0.0354. The number of hydrogen-bond acceptors (Lipinski definition) is 4. The van der Waals surface area contributed by atoms with Crippen LogP contribution in [0, 0.1) is 28.4 Å². The Bertz CT molecular complexity index is 705. The maximum atomic E-state index is 10.6. The zero-order valence-electron chi connectivity index (χ0n) is 12.9. The quantitative estimate of drug-likeness (QED) is 0.432. The summed E-state index contributed by atoms with van der Waals surface area (Å²) in [5, 5.41) is 19.9. The van der Waals surface area contributed by atoms with Gasteiger partial charge in [-0.05, 0) is 43.0 Å². The summed E-state index contributed by atoms with van der Waals surface area (Å²) in [5.74, 6) is 0.547. The molecular weight excluding hydrogens is 292 g/mol. The van der Waals surface area contributed by atoms with Crippen molar-refractivity contribution in [3.63, 3.8) is 0 Å². The van der Waals surface area contributed by atoms with E-state index < -0.39 is 4.92 Å². The first-order valence-electron chi connectivity index (χ1n) is 7.43. The van der Waals surface area contributed by atoms with Crippen LogP contribution in [0.5, 0.6) is 5.75 Å². The fourth-order valence-corrected chi connectivity index (χ4v) is 2.32. The van der Waals surface area contributed by atoms with Crippen molar-refractivity contribution < 1.29 is 9.66 Å². The smallest absolute Gasteiger partial charge is 0.269 e. The highest BCUT2D eigenvalue weighted by molar-refractivity contribution is 5.36. The van der Waals surface area contributed by atoms with E-state index in [0.29, 0.717) is 13.0 Å². The van der Waals surface area contributed by atoms with Gasteiger partial charge in [-0.3, -0.25) is 10.1 Å². The standard InChI is InChI=1S/C18H18N2O3/c1-14-4-2-6-18(12-14)23-11-3-5-16(13-19)15-7-9-17(10-8-15)20(21)22/h2,4,6-10,12,16H,3,5,11H2,1H3. The van der Waals surface area contributed by atoms with E-state index in [1.54, 1.807) is 12.1 Å². The zero-order valence-corrected chi connectivity index (χ0v) is 12.9. The number of rotatable bonds is 7. The summed E-state index contributed by atoms with van der Waals surface area (Å²) in [4.78, 5) is 10.2. The van der Waals surface area contributed by atoms with Gasteiger partial charge in [0.25, 0.3) is 5.69 Å². The molecule has 0 bridgehead atoms. The van der Waals surface area contributed by atoms with Crippen LogP contribution in [0.2, 0.25) is 0 Å². The number of nitro groups is 1. The van der Waals surface area contributed by atoms with E-state index in [-0.39, 0.29) is 11.6 Å². The fourth-order valence-electron chi connectivity index (χ4n) is 2.32. The van der Waals surface area contributed by atoms with Crippen LogP contribution in [0.15, 0.2) is 48.5 Å². The number of non-ortho nitro benzene ring substituents is 1. The minimum atomic E-state index is -0.444. The third kappa shape index (κ3) is 4.82. The van der Waals surface area contributed by atoms with Crippen molar-refractivity contribution in [2.24, 2.45) is 0 Å². The van der Waals surface area contributed by atoms with E-state index in [4.69, 9.17) is 4.74 Å². The van der Waals surface area contributed by atoms with Crippen molar-refractivity contribution in [2.45, 2.75) is 25.7 Å². The number of ether oxygens (including phenoxy) is 1. The van der Waals surface area contributed by atoms with E-state index in [9.17, 15) is 15.4 Å². The van der Waals surface area contributed by atoms with Gasteiger partial charge in [0.1, 0.15) is 5.75 Å². The maximum absolute atomic E-state index is 10.6. The van der Waals surface area contributed by atoms with Gasteiger partial charge in [0.2, 0.25) is 0 Å². The molecule has 0 saturated carbocycles. The van der Waals surface area contributed by atoms with E-state index in [1.165, 1.54) is 12.1 Å². The lowest BCUT2D eigenvalue weighted by Crippen LogP contribution is -2.02. The molecule has 5 nitrogen and oxygen atoms in total. The highest BCUT2D eigenvalue weighted by Gasteiger charge is 2.12. The number of nitro benzene ring substituents is 1. The Hall–Kier alpha value is -2.87. The molecule has 0 aliphatic heterocycles. The number of hydrogen-bond donors (Lipinski definition) is 0. The van der Waals surface area contributed by atoms with Crippen LogP contribution in [-0.4, -0.2) is 11.5 Å². The summed E-state index contributed by atoms with van der Waals surface area (Å²) in [5.41, 5.74) is 1.98. The highest BCUT2D eigenvalue weighted by atomic mass is 16.6. The highest BCUT2D eigenvalue weighted by Crippen LogP contribution is 2.23. The summed E-state index contributed by atoms with van der Waals surface area (Å²) in [6, 6.07) is 16.2. The predicted octanol–water partition coefficient (Wildman–Crippen LogP) is 4.37. The molecule has 118 valence electrons. The Labute approximate surface area is 135 Å². The first-order valence-corrected chi connectivity index (χ1v) is 7.43. The van der Waals surface area contributed by atoms with Crippen molar-refractivity contribution in [3.05, 3.63) is 69.8 Å². The molecule has 1 atom stereocenters. The second-order valence-corrected chi connectivity index (χ2v) is 5.34. The molecule has 0 aliphatic rings. The van der Waals surface area contributed by atoms with Crippen LogP contribution in [-0.2, 0) is 0 Å². The Kier molecular flexibility index (Phi) is 5.70. The summed E-state index contributed by atoms with van der Waals surface area (Å²) >= 11 is 0. The number of nitriles is 1. The minimum Gasteiger partial charge on any atom is -0.494 e. The molecule has 2 aromatic rings. The fraction of sp³-hybridized carbons (Fsp3) is 0.278. The zero-order chi connectivity index (χ0) is 16.7. The topological polar surface area (TPSA) is 76.2 Å². The molecule has 0 heterocycles. The largest absolute Gasteiger partial charge is 0.494 e. The summed E-state index contributed by atoms with van der Waals surface area (Å²) in [6.07, 6.45) is 1.39. The van der Waals surface area contributed by atoms with E-state index in [0.717, 1.165) is 23.3 Å². The van der Waals surface area contributed by atoms with Gasteiger partial charge in [0.05, 0.1) is 23.5 Å². The predicted molar refractivity (Wildman–Crippen MR) is 87.4 cm³/mol. The average molecular weight is 310 g/mol. The second kappa shape index (κ2) is 7.95. The van der Waals surface area contributed by atoms with Crippen LogP contribution < -0.4 is 4.74 Å². The molecule has 0 spiro atoms. The van der Waals surface area contributed by atoms with Crippen LogP contribution in [0.25, 0.3) is 0 Å². The molecule has 0 amide bonds. The summed E-state index contributed by atoms with van der Waals surface area (Å²) < 4.78 is 5.67. The number of aryl methyl sites for hydroxylation is 1. The maximum Gasteiger partial charge on any atom is 0.269 e. The number of benzene rings is 2.